The summed E-state index contributed by atoms with van der Waals surface area (Å²) in [7, 11) is 1.68. The van der Waals surface area contributed by atoms with Gasteiger partial charge in [-0.1, -0.05) is 41.9 Å². The van der Waals surface area contributed by atoms with Gasteiger partial charge in [0, 0.05) is 23.4 Å². The number of alkyl halides is 2. The molecule has 0 bridgehead atoms. The maximum absolute atomic E-state index is 14.7. The number of hydrogen-bond donors (Lipinski definition) is 2. The average molecular weight is 481 g/mol. The number of aliphatic hydroxyl groups excluding tert-OH is 1. The number of benzene rings is 1. The number of cyclic esters (lactones) is 1. The summed E-state index contributed by atoms with van der Waals surface area (Å²) in [4.78, 5) is 24.7. The molecule has 1 aliphatic heterocycles. The van der Waals surface area contributed by atoms with E-state index in [9.17, 15) is 27.9 Å². The van der Waals surface area contributed by atoms with Crippen molar-refractivity contribution in [2.24, 2.45) is 0 Å². The molecule has 0 unspecified atom stereocenters. The average Bonchev–Trinajstić information content (AvgIpc) is 3.14. The van der Waals surface area contributed by atoms with Gasteiger partial charge in [0.25, 0.3) is 0 Å². The maximum Gasteiger partial charge on any atom is 0.410 e. The number of amides is 1. The van der Waals surface area contributed by atoms with Crippen LogP contribution in [0.2, 0.25) is 0 Å². The van der Waals surface area contributed by atoms with Gasteiger partial charge in [-0.2, -0.15) is 8.78 Å². The molecule has 2 atom stereocenters. The standard InChI is InChI=1S/C22H23BF3NO5S/c23-14-4-1-3-13(11-14)22(25,26)18(28)7-6-15-8-10-32-21(31)27(15)9-2-5-16-12-17(24)19(33-16)20(29)30/h1,3-4,6-7,11-12,15,18,28H,2,5,8-10,23H2,(H,29,30)/b7-6+/t15-,18+/m0/s1. The van der Waals surface area contributed by atoms with Gasteiger partial charge in [-0.3, -0.25) is 0 Å². The van der Waals surface area contributed by atoms with Crippen molar-refractivity contribution in [2.75, 3.05) is 13.2 Å². The number of thiophene rings is 1. The Balaban J connectivity index is 1.64. The van der Waals surface area contributed by atoms with Crippen molar-refractivity contribution in [1.29, 1.82) is 0 Å². The molecule has 33 heavy (non-hydrogen) atoms. The van der Waals surface area contributed by atoms with Crippen LogP contribution in [0.1, 0.15) is 33.0 Å². The van der Waals surface area contributed by atoms with Gasteiger partial charge in [0.05, 0.1) is 12.6 Å². The van der Waals surface area contributed by atoms with Gasteiger partial charge in [0.2, 0.25) is 0 Å². The molecule has 1 aromatic heterocycles. The number of carboxylic acid groups (broad SMARTS) is 1. The Hall–Kier alpha value is -2.79. The molecular weight excluding hydrogens is 458 g/mol. The Morgan fingerprint density at radius 3 is 2.82 bits per heavy atom. The minimum absolute atomic E-state index is 0.118. The fraction of sp³-hybridized carbons (Fsp3) is 0.364. The third-order valence-corrected chi connectivity index (χ3v) is 6.48. The number of carbonyl (C=O) groups is 2. The molecule has 1 aliphatic rings. The number of rotatable bonds is 9. The van der Waals surface area contributed by atoms with Crippen molar-refractivity contribution in [1.82, 2.24) is 4.90 Å². The van der Waals surface area contributed by atoms with Crippen LogP contribution in [0, 0.1) is 5.82 Å². The van der Waals surface area contributed by atoms with Crippen LogP contribution in [-0.2, 0) is 17.1 Å². The zero-order valence-electron chi connectivity index (χ0n) is 17.8. The molecule has 1 saturated heterocycles. The summed E-state index contributed by atoms with van der Waals surface area (Å²) in [5, 5.41) is 19.1. The normalized spacial score (nSPS) is 17.9. The van der Waals surface area contributed by atoms with E-state index in [1.165, 1.54) is 29.2 Å². The number of carbonyl (C=O) groups excluding carboxylic acids is 1. The summed E-state index contributed by atoms with van der Waals surface area (Å²) in [5.41, 5.74) is 0.342. The number of nitrogens with zero attached hydrogens (tertiary/aromatic N) is 1. The fourth-order valence-corrected chi connectivity index (χ4v) is 4.50. The van der Waals surface area contributed by atoms with E-state index >= 15 is 0 Å². The topological polar surface area (TPSA) is 87.1 Å². The number of aliphatic hydroxyl groups is 1. The van der Waals surface area contributed by atoms with Crippen molar-refractivity contribution in [3.05, 3.63) is 63.6 Å². The van der Waals surface area contributed by atoms with E-state index in [1.807, 2.05) is 0 Å². The highest BCUT2D eigenvalue weighted by Crippen LogP contribution is 2.32. The minimum atomic E-state index is -3.51. The van der Waals surface area contributed by atoms with Crippen molar-refractivity contribution in [3.63, 3.8) is 0 Å². The van der Waals surface area contributed by atoms with Crippen LogP contribution in [0.5, 0.6) is 0 Å². The first-order valence-electron chi connectivity index (χ1n) is 10.4. The van der Waals surface area contributed by atoms with Crippen LogP contribution in [0.25, 0.3) is 0 Å². The summed E-state index contributed by atoms with van der Waals surface area (Å²) >= 11 is 0.832. The zero-order valence-corrected chi connectivity index (χ0v) is 18.7. The maximum atomic E-state index is 14.7. The molecule has 2 aromatic rings. The van der Waals surface area contributed by atoms with E-state index in [1.54, 1.807) is 13.9 Å². The van der Waals surface area contributed by atoms with Crippen LogP contribution in [0.3, 0.4) is 0 Å². The Morgan fingerprint density at radius 1 is 1.39 bits per heavy atom. The first-order chi connectivity index (χ1) is 15.6. The van der Waals surface area contributed by atoms with Gasteiger partial charge in [0.15, 0.2) is 0 Å². The largest absolute Gasteiger partial charge is 0.477 e. The molecule has 0 spiro atoms. The molecule has 1 fully saturated rings. The summed E-state index contributed by atoms with van der Waals surface area (Å²) in [6.45, 7) is 0.312. The van der Waals surface area contributed by atoms with E-state index in [4.69, 9.17) is 9.84 Å². The fourth-order valence-electron chi connectivity index (χ4n) is 3.58. The summed E-state index contributed by atoms with van der Waals surface area (Å²) < 4.78 is 48.0. The molecule has 1 amide bonds. The predicted octanol–water partition coefficient (Wildman–Crippen LogP) is 2.70. The molecule has 6 nitrogen and oxygen atoms in total. The lowest BCUT2D eigenvalue weighted by Gasteiger charge is -2.33. The highest BCUT2D eigenvalue weighted by Gasteiger charge is 2.39. The lowest BCUT2D eigenvalue weighted by Crippen LogP contribution is -2.45. The van der Waals surface area contributed by atoms with E-state index < -0.39 is 35.9 Å². The minimum Gasteiger partial charge on any atom is -0.477 e. The van der Waals surface area contributed by atoms with Crippen molar-refractivity contribution in [2.45, 2.75) is 37.3 Å². The smallest absolute Gasteiger partial charge is 0.410 e. The Kier molecular flexibility index (Phi) is 7.86. The van der Waals surface area contributed by atoms with Crippen LogP contribution in [-0.4, -0.2) is 60.3 Å². The lowest BCUT2D eigenvalue weighted by atomic mass is 9.91. The Labute approximate surface area is 193 Å². The van der Waals surface area contributed by atoms with Crippen molar-refractivity contribution in [3.8, 4) is 0 Å². The van der Waals surface area contributed by atoms with Gasteiger partial charge in [-0.25, -0.2) is 14.0 Å². The molecule has 0 saturated carbocycles. The second-order valence-corrected chi connectivity index (χ2v) is 8.92. The van der Waals surface area contributed by atoms with E-state index in [0.29, 0.717) is 29.6 Å². The van der Waals surface area contributed by atoms with Crippen molar-refractivity contribution >= 4 is 36.7 Å². The monoisotopic (exact) mass is 481 g/mol. The van der Waals surface area contributed by atoms with Crippen LogP contribution >= 0.6 is 11.3 Å². The van der Waals surface area contributed by atoms with Gasteiger partial charge in [-0.05, 0) is 18.9 Å². The van der Waals surface area contributed by atoms with Gasteiger partial charge in [-0.15, -0.1) is 11.3 Å². The van der Waals surface area contributed by atoms with E-state index in [2.05, 4.69) is 0 Å². The van der Waals surface area contributed by atoms with E-state index in [-0.39, 0.29) is 23.6 Å². The van der Waals surface area contributed by atoms with E-state index in [0.717, 1.165) is 23.5 Å². The summed E-state index contributed by atoms with van der Waals surface area (Å²) in [6, 6.07) is 6.34. The van der Waals surface area contributed by atoms with Gasteiger partial charge in [0.1, 0.15) is 24.6 Å². The first kappa shape index (κ1) is 24.8. The molecule has 2 heterocycles. The van der Waals surface area contributed by atoms with Crippen LogP contribution < -0.4 is 5.46 Å². The summed E-state index contributed by atoms with van der Waals surface area (Å²) in [6.07, 6.45) is 0.766. The van der Waals surface area contributed by atoms with Crippen LogP contribution in [0.15, 0.2) is 42.5 Å². The molecule has 2 N–H and O–H groups in total. The number of carboxylic acids is 1. The van der Waals surface area contributed by atoms with Crippen molar-refractivity contribution < 1.29 is 37.7 Å². The highest BCUT2D eigenvalue weighted by molar-refractivity contribution is 7.13. The number of aromatic carboxylic acids is 1. The molecule has 11 heteroatoms. The summed E-state index contributed by atoms with van der Waals surface area (Å²) in [5.74, 6) is -5.65. The molecule has 0 aliphatic carbocycles. The second kappa shape index (κ2) is 10.4. The molecule has 3 rings (SSSR count). The third kappa shape index (κ3) is 5.97. The number of halogens is 3. The SMILES string of the molecule is Bc1cccc(C(F)(F)[C@H](O)/C=C/[C@H]2CCOC(=O)N2CCCc2cc(F)c(C(=O)O)s2)c1. The molecule has 1 aromatic carbocycles. The number of hydrogen-bond acceptors (Lipinski definition) is 5. The number of ether oxygens (including phenoxy) is 1. The first-order valence-corrected chi connectivity index (χ1v) is 11.2. The van der Waals surface area contributed by atoms with Gasteiger partial charge < -0.3 is 19.8 Å². The van der Waals surface area contributed by atoms with Gasteiger partial charge >= 0.3 is 18.0 Å². The van der Waals surface area contributed by atoms with Crippen LogP contribution in [0.4, 0.5) is 18.0 Å². The molecule has 176 valence electrons. The molecular formula is C22H23BF3NO5S. The lowest BCUT2D eigenvalue weighted by molar-refractivity contribution is -0.0929. The predicted molar refractivity (Wildman–Crippen MR) is 120 cm³/mol. The zero-order chi connectivity index (χ0) is 24.2. The second-order valence-electron chi connectivity index (χ2n) is 7.78. The quantitative estimate of drug-likeness (QED) is 0.425. The highest BCUT2D eigenvalue weighted by atomic mass is 32.1. The Morgan fingerprint density at radius 2 is 2.15 bits per heavy atom. The third-order valence-electron chi connectivity index (χ3n) is 5.32. The number of aryl methyl sites for hydroxylation is 1. The molecule has 0 radical (unpaired) electrons. The Bertz CT molecular complexity index is 1040.